The number of imide groups is 1. The van der Waals surface area contributed by atoms with E-state index in [4.69, 9.17) is 4.74 Å². The summed E-state index contributed by atoms with van der Waals surface area (Å²) < 4.78 is 6.19. The number of fused-ring (bicyclic) bond motifs is 2. The summed E-state index contributed by atoms with van der Waals surface area (Å²) in [6.07, 6.45) is 2.29. The van der Waals surface area contributed by atoms with E-state index in [1.165, 1.54) is 11.8 Å². The van der Waals surface area contributed by atoms with Crippen molar-refractivity contribution in [3.8, 4) is 0 Å². The van der Waals surface area contributed by atoms with Crippen molar-refractivity contribution < 1.29 is 19.1 Å². The van der Waals surface area contributed by atoms with Crippen molar-refractivity contribution in [1.29, 1.82) is 0 Å². The monoisotopic (exact) mass is 453 g/mol. The van der Waals surface area contributed by atoms with Gasteiger partial charge in [-0.2, -0.15) is 0 Å². The number of halogens is 1. The molecule has 6 heteroatoms. The molecule has 1 spiro atoms. The molecule has 0 bridgehead atoms. The predicted octanol–water partition coefficient (Wildman–Crippen LogP) is 4.26. The maximum Gasteiger partial charge on any atom is 0.335 e. The SMILES string of the molecule is CCOC(=O)C1=CC[C@H](c2cccc(Br)c2)[C@@]12C(=O)N(C(C)=O)c1ccccc12. The van der Waals surface area contributed by atoms with E-state index in [2.05, 4.69) is 15.9 Å². The smallest absolute Gasteiger partial charge is 0.335 e. The van der Waals surface area contributed by atoms with E-state index < -0.39 is 17.3 Å². The van der Waals surface area contributed by atoms with Gasteiger partial charge in [0.15, 0.2) is 0 Å². The summed E-state index contributed by atoms with van der Waals surface area (Å²) in [5, 5.41) is 0. The Hall–Kier alpha value is -2.73. The molecule has 4 rings (SSSR count). The van der Waals surface area contributed by atoms with E-state index >= 15 is 0 Å². The van der Waals surface area contributed by atoms with Crippen molar-refractivity contribution in [2.24, 2.45) is 0 Å². The van der Waals surface area contributed by atoms with Gasteiger partial charge >= 0.3 is 5.97 Å². The highest BCUT2D eigenvalue weighted by molar-refractivity contribution is 9.10. The Kier molecular flexibility index (Phi) is 4.90. The number of carbonyl (C=O) groups is 3. The summed E-state index contributed by atoms with van der Waals surface area (Å²) >= 11 is 3.50. The molecule has 5 nitrogen and oxygen atoms in total. The molecule has 0 N–H and O–H groups in total. The van der Waals surface area contributed by atoms with Crippen LogP contribution < -0.4 is 4.90 Å². The second kappa shape index (κ2) is 7.26. The summed E-state index contributed by atoms with van der Waals surface area (Å²) in [4.78, 5) is 40.4. The average molecular weight is 454 g/mol. The fraction of sp³-hybridized carbons (Fsp3) is 0.261. The number of anilines is 1. The maximum absolute atomic E-state index is 13.9. The van der Waals surface area contributed by atoms with Gasteiger partial charge in [0.25, 0.3) is 0 Å². The Balaban J connectivity index is 2.00. The molecule has 148 valence electrons. The van der Waals surface area contributed by atoms with E-state index in [1.807, 2.05) is 36.4 Å². The second-order valence-corrected chi connectivity index (χ2v) is 8.08. The highest BCUT2D eigenvalue weighted by atomic mass is 79.9. The summed E-state index contributed by atoms with van der Waals surface area (Å²) in [6, 6.07) is 14.9. The first-order valence-corrected chi connectivity index (χ1v) is 10.3. The number of hydrogen-bond acceptors (Lipinski definition) is 4. The zero-order valence-corrected chi connectivity index (χ0v) is 17.7. The summed E-state index contributed by atoms with van der Waals surface area (Å²) in [5.74, 6) is -1.61. The van der Waals surface area contributed by atoms with Gasteiger partial charge in [0, 0.05) is 17.3 Å². The lowest BCUT2D eigenvalue weighted by Gasteiger charge is -2.33. The number of allylic oxidation sites excluding steroid dienone is 1. The topological polar surface area (TPSA) is 63.7 Å². The zero-order valence-electron chi connectivity index (χ0n) is 16.1. The molecule has 1 heterocycles. The zero-order chi connectivity index (χ0) is 20.8. The van der Waals surface area contributed by atoms with Crippen molar-refractivity contribution in [3.63, 3.8) is 0 Å². The number of esters is 1. The predicted molar refractivity (Wildman–Crippen MR) is 113 cm³/mol. The number of para-hydroxylation sites is 1. The Labute approximate surface area is 177 Å². The van der Waals surface area contributed by atoms with Crippen LogP contribution in [0, 0.1) is 0 Å². The molecule has 1 aliphatic heterocycles. The molecule has 2 atom stereocenters. The van der Waals surface area contributed by atoms with Gasteiger partial charge < -0.3 is 4.74 Å². The van der Waals surface area contributed by atoms with E-state index in [1.54, 1.807) is 25.1 Å². The van der Waals surface area contributed by atoms with Gasteiger partial charge in [0.05, 0.1) is 17.9 Å². The van der Waals surface area contributed by atoms with Gasteiger partial charge in [0.1, 0.15) is 5.41 Å². The van der Waals surface area contributed by atoms with Crippen molar-refractivity contribution in [2.75, 3.05) is 11.5 Å². The van der Waals surface area contributed by atoms with Gasteiger partial charge in [-0.3, -0.25) is 9.59 Å². The number of carbonyl (C=O) groups excluding carboxylic acids is 3. The molecule has 2 amide bonds. The molecule has 29 heavy (non-hydrogen) atoms. The fourth-order valence-electron chi connectivity index (χ4n) is 4.64. The number of ether oxygens (including phenoxy) is 1. The molecule has 0 aromatic heterocycles. The molecule has 0 radical (unpaired) electrons. The lowest BCUT2D eigenvalue weighted by atomic mass is 9.67. The summed E-state index contributed by atoms with van der Waals surface area (Å²) in [5.41, 5.74) is 1.15. The molecule has 2 aromatic carbocycles. The van der Waals surface area contributed by atoms with E-state index in [0.29, 0.717) is 23.2 Å². The van der Waals surface area contributed by atoms with E-state index in [0.717, 1.165) is 10.0 Å². The van der Waals surface area contributed by atoms with Crippen LogP contribution in [-0.2, 0) is 24.5 Å². The van der Waals surface area contributed by atoms with Crippen LogP contribution in [0.25, 0.3) is 0 Å². The van der Waals surface area contributed by atoms with Gasteiger partial charge in [-0.25, -0.2) is 9.69 Å². The van der Waals surface area contributed by atoms with Crippen molar-refractivity contribution in [1.82, 2.24) is 0 Å². The number of rotatable bonds is 3. The first kappa shape index (κ1) is 19.6. The minimum absolute atomic E-state index is 0.208. The molecule has 0 fully saturated rings. The van der Waals surface area contributed by atoms with Crippen LogP contribution in [0.4, 0.5) is 5.69 Å². The molecule has 0 unspecified atom stereocenters. The van der Waals surface area contributed by atoms with Crippen LogP contribution in [0.2, 0.25) is 0 Å². The van der Waals surface area contributed by atoms with Crippen LogP contribution >= 0.6 is 15.9 Å². The lowest BCUT2D eigenvalue weighted by Crippen LogP contribution is -2.47. The number of hydrogen-bond donors (Lipinski definition) is 0. The van der Waals surface area contributed by atoms with Gasteiger partial charge in [0.2, 0.25) is 11.8 Å². The molecule has 2 aliphatic rings. The van der Waals surface area contributed by atoms with E-state index in [9.17, 15) is 14.4 Å². The van der Waals surface area contributed by atoms with Crippen LogP contribution in [0.5, 0.6) is 0 Å². The van der Waals surface area contributed by atoms with Crippen LogP contribution in [0.1, 0.15) is 37.3 Å². The number of benzene rings is 2. The Morgan fingerprint density at radius 3 is 2.66 bits per heavy atom. The molecular formula is C23H20BrNO4. The largest absolute Gasteiger partial charge is 0.463 e. The Morgan fingerprint density at radius 2 is 1.97 bits per heavy atom. The van der Waals surface area contributed by atoms with Crippen molar-refractivity contribution in [3.05, 3.63) is 75.8 Å². The highest BCUT2D eigenvalue weighted by Gasteiger charge is 2.62. The molecule has 1 aliphatic carbocycles. The Morgan fingerprint density at radius 1 is 1.21 bits per heavy atom. The summed E-state index contributed by atoms with van der Waals surface area (Å²) in [7, 11) is 0. The summed E-state index contributed by atoms with van der Waals surface area (Å²) in [6.45, 7) is 3.31. The van der Waals surface area contributed by atoms with Crippen LogP contribution in [-0.4, -0.2) is 24.4 Å². The maximum atomic E-state index is 13.9. The molecular weight excluding hydrogens is 434 g/mol. The van der Waals surface area contributed by atoms with Gasteiger partial charge in [-0.1, -0.05) is 52.3 Å². The van der Waals surface area contributed by atoms with E-state index in [-0.39, 0.29) is 18.4 Å². The fourth-order valence-corrected chi connectivity index (χ4v) is 5.05. The van der Waals surface area contributed by atoms with Gasteiger partial charge in [-0.05, 0) is 42.7 Å². The third-order valence-corrected chi connectivity index (χ3v) is 6.17. The molecule has 0 saturated carbocycles. The normalized spacial score (nSPS) is 22.6. The molecule has 0 saturated heterocycles. The lowest BCUT2D eigenvalue weighted by molar-refractivity contribution is -0.141. The third kappa shape index (κ3) is 2.77. The first-order valence-electron chi connectivity index (χ1n) is 9.50. The standard InChI is InChI=1S/C23H20BrNO4/c1-3-29-21(27)19-12-11-17(15-7-6-8-16(24)13-15)23(19)18-9-4-5-10-20(18)25(14(2)26)22(23)28/h4-10,12-13,17H,3,11H2,1-2H3/t17-,23+/m1/s1. The number of nitrogens with zero attached hydrogens (tertiary/aromatic N) is 1. The first-order chi connectivity index (χ1) is 13.9. The second-order valence-electron chi connectivity index (χ2n) is 7.17. The van der Waals surface area contributed by atoms with Crippen molar-refractivity contribution in [2.45, 2.75) is 31.6 Å². The van der Waals surface area contributed by atoms with Crippen LogP contribution in [0.3, 0.4) is 0 Å². The van der Waals surface area contributed by atoms with Crippen LogP contribution in [0.15, 0.2) is 64.7 Å². The molecule has 2 aromatic rings. The minimum atomic E-state index is -1.28. The van der Waals surface area contributed by atoms with Gasteiger partial charge in [-0.15, -0.1) is 0 Å². The highest BCUT2D eigenvalue weighted by Crippen LogP contribution is 2.58. The quantitative estimate of drug-likeness (QED) is 0.651. The average Bonchev–Trinajstić information content (AvgIpc) is 3.20. The number of amides is 2. The minimum Gasteiger partial charge on any atom is -0.463 e. The van der Waals surface area contributed by atoms with Crippen molar-refractivity contribution >= 4 is 39.4 Å². The Bertz CT molecular complexity index is 1060. The third-order valence-electron chi connectivity index (χ3n) is 5.68.